The van der Waals surface area contributed by atoms with Crippen molar-refractivity contribution in [2.45, 2.75) is 38.2 Å². The van der Waals surface area contributed by atoms with Crippen LogP contribution in [0.5, 0.6) is 0 Å². The van der Waals surface area contributed by atoms with Crippen LogP contribution in [0.25, 0.3) is 0 Å². The van der Waals surface area contributed by atoms with Crippen molar-refractivity contribution in [3.05, 3.63) is 58.1 Å². The molecule has 0 aliphatic rings. The molecule has 2 rings (SSSR count). The molecule has 6 nitrogen and oxygen atoms in total. The number of aryl methyl sites for hydroxylation is 1. The molecule has 0 spiro atoms. The first-order valence-electron chi connectivity index (χ1n) is 9.01. The average molecular weight is 490 g/mol. The molecule has 28 heavy (non-hydrogen) atoms. The van der Waals surface area contributed by atoms with Gasteiger partial charge in [-0.1, -0.05) is 35.0 Å². The second kappa shape index (κ2) is 10.0. The van der Waals surface area contributed by atoms with E-state index in [1.165, 1.54) is 0 Å². The summed E-state index contributed by atoms with van der Waals surface area (Å²) in [5.41, 5.74) is 1.90. The quantitative estimate of drug-likeness (QED) is 0.440. The zero-order valence-corrected chi connectivity index (χ0v) is 19.4. The smallest absolute Gasteiger partial charge is 0.309 e. The van der Waals surface area contributed by atoms with E-state index in [-0.39, 0.29) is 11.1 Å². The summed E-state index contributed by atoms with van der Waals surface area (Å²) in [7, 11) is -6.92. The van der Waals surface area contributed by atoms with Crippen LogP contribution in [0, 0.1) is 0 Å². The van der Waals surface area contributed by atoms with Crippen LogP contribution in [-0.2, 0) is 36.2 Å². The lowest BCUT2D eigenvalue weighted by Crippen LogP contribution is -2.15. The van der Waals surface area contributed by atoms with Crippen molar-refractivity contribution in [3.8, 4) is 0 Å². The Bertz CT molecular complexity index is 937. The number of anilines is 1. The van der Waals surface area contributed by atoms with E-state index in [0.717, 1.165) is 15.6 Å². The average Bonchev–Trinajstić information content (AvgIpc) is 2.63. The fraction of sp³-hybridized carbons (Fsp3) is 0.368. The van der Waals surface area contributed by atoms with Gasteiger partial charge in [-0.3, -0.25) is 9.29 Å². The van der Waals surface area contributed by atoms with Gasteiger partial charge in [-0.05, 0) is 61.7 Å². The second-order valence-corrected chi connectivity index (χ2v) is 10.6. The first-order chi connectivity index (χ1) is 13.2. The van der Waals surface area contributed by atoms with Crippen molar-refractivity contribution in [2.24, 2.45) is 0 Å². The highest BCUT2D eigenvalue weighted by molar-refractivity contribution is 9.10. The number of hydrogen-bond acceptors (Lipinski definition) is 5. The highest BCUT2D eigenvalue weighted by Crippen LogP contribution is 2.51. The summed E-state index contributed by atoms with van der Waals surface area (Å²) in [6, 6.07) is 11.8. The summed E-state index contributed by atoms with van der Waals surface area (Å²) in [6.45, 7) is 6.02. The highest BCUT2D eigenvalue weighted by atomic mass is 79.9. The van der Waals surface area contributed by atoms with Crippen LogP contribution >= 0.6 is 23.5 Å². The van der Waals surface area contributed by atoms with Gasteiger partial charge < -0.3 is 9.05 Å². The van der Waals surface area contributed by atoms with E-state index in [4.69, 9.17) is 9.05 Å². The number of rotatable bonds is 10. The van der Waals surface area contributed by atoms with Crippen LogP contribution in [0.1, 0.15) is 31.9 Å². The van der Waals surface area contributed by atoms with Crippen molar-refractivity contribution in [1.29, 1.82) is 0 Å². The van der Waals surface area contributed by atoms with Crippen LogP contribution in [0.3, 0.4) is 0 Å². The molecule has 0 aliphatic carbocycles. The molecular weight excluding hydrogens is 465 g/mol. The highest BCUT2D eigenvalue weighted by Gasteiger charge is 2.24. The lowest BCUT2D eigenvalue weighted by atomic mass is 10.2. The van der Waals surface area contributed by atoms with Gasteiger partial charge in [0.2, 0.25) is 0 Å². The molecule has 9 heteroatoms. The van der Waals surface area contributed by atoms with Crippen molar-refractivity contribution < 1.29 is 22.0 Å². The number of benzene rings is 2. The summed E-state index contributed by atoms with van der Waals surface area (Å²) in [5, 5.41) is 0. The molecule has 2 aromatic carbocycles. The zero-order chi connectivity index (χ0) is 20.8. The lowest BCUT2D eigenvalue weighted by Gasteiger charge is -2.17. The van der Waals surface area contributed by atoms with Gasteiger partial charge in [-0.2, -0.15) is 0 Å². The Hall–Kier alpha value is -1.18. The molecule has 0 bridgehead atoms. The third-order valence-corrected chi connectivity index (χ3v) is 7.96. The molecule has 0 heterocycles. The maximum absolute atomic E-state index is 12.8. The SMILES string of the molecule is CCOP(=O)(Cc1ccc(NS(=O)(=O)c2ccc(Br)cc2CC)cc1)OCC. The van der Waals surface area contributed by atoms with E-state index in [1.54, 1.807) is 56.3 Å². The van der Waals surface area contributed by atoms with Crippen molar-refractivity contribution >= 4 is 39.2 Å². The van der Waals surface area contributed by atoms with Gasteiger partial charge in [0, 0.05) is 10.2 Å². The zero-order valence-electron chi connectivity index (χ0n) is 16.1. The first kappa shape index (κ1) is 23.1. The molecule has 0 unspecified atom stereocenters. The fourth-order valence-electron chi connectivity index (χ4n) is 2.72. The number of sulfonamides is 1. The summed E-state index contributed by atoms with van der Waals surface area (Å²) >= 11 is 3.37. The Morgan fingerprint density at radius 1 is 1.00 bits per heavy atom. The van der Waals surface area contributed by atoms with E-state index in [2.05, 4.69) is 20.7 Å². The third kappa shape index (κ3) is 6.16. The van der Waals surface area contributed by atoms with Crippen molar-refractivity contribution in [2.75, 3.05) is 17.9 Å². The van der Waals surface area contributed by atoms with Crippen molar-refractivity contribution in [1.82, 2.24) is 0 Å². The predicted octanol–water partition coefficient (Wildman–Crippen LogP) is 5.58. The monoisotopic (exact) mass is 489 g/mol. The minimum atomic E-state index is -3.71. The molecule has 0 saturated carbocycles. The summed E-state index contributed by atoms with van der Waals surface area (Å²) < 4.78 is 52.2. The molecule has 0 amide bonds. The minimum absolute atomic E-state index is 0.133. The standard InChI is InChI=1S/C19H25BrNO5PS/c1-4-16-13-17(20)9-12-19(16)28(23,24)21-18-10-7-15(8-11-18)14-27(22,25-5-2)26-6-3/h7-13,21H,4-6,14H2,1-3H3. The predicted molar refractivity (Wildman–Crippen MR) is 115 cm³/mol. The van der Waals surface area contributed by atoms with E-state index >= 15 is 0 Å². The summed E-state index contributed by atoms with van der Waals surface area (Å²) in [6.07, 6.45) is 0.729. The number of hydrogen-bond donors (Lipinski definition) is 1. The summed E-state index contributed by atoms with van der Waals surface area (Å²) in [5.74, 6) is 0. The molecular formula is C19H25BrNO5PS. The van der Waals surface area contributed by atoms with Crippen molar-refractivity contribution in [3.63, 3.8) is 0 Å². The molecule has 0 radical (unpaired) electrons. The molecule has 154 valence electrons. The first-order valence-corrected chi connectivity index (χ1v) is 13.0. The maximum atomic E-state index is 12.8. The molecule has 0 aliphatic heterocycles. The molecule has 0 fully saturated rings. The van der Waals surface area contributed by atoms with E-state index in [1.807, 2.05) is 6.92 Å². The molecule has 2 aromatic rings. The Kier molecular flexibility index (Phi) is 8.28. The third-order valence-electron chi connectivity index (χ3n) is 3.93. The van der Waals surface area contributed by atoms with E-state index in [0.29, 0.717) is 25.3 Å². The van der Waals surface area contributed by atoms with Crippen LogP contribution in [0.4, 0.5) is 5.69 Å². The van der Waals surface area contributed by atoms with Crippen LogP contribution in [0.15, 0.2) is 51.8 Å². The Labute approximate surface area is 175 Å². The van der Waals surface area contributed by atoms with Gasteiger partial charge in [0.1, 0.15) is 0 Å². The maximum Gasteiger partial charge on any atom is 0.335 e. The Balaban J connectivity index is 2.19. The number of nitrogens with one attached hydrogen (secondary N) is 1. The molecule has 0 aromatic heterocycles. The second-order valence-electron chi connectivity index (χ2n) is 6.01. The van der Waals surface area contributed by atoms with Crippen LogP contribution in [0.2, 0.25) is 0 Å². The topological polar surface area (TPSA) is 81.7 Å². The Morgan fingerprint density at radius 3 is 2.14 bits per heavy atom. The summed E-state index contributed by atoms with van der Waals surface area (Å²) in [4.78, 5) is 0.250. The van der Waals surface area contributed by atoms with Gasteiger partial charge >= 0.3 is 7.60 Å². The number of halogens is 1. The molecule has 1 N–H and O–H groups in total. The van der Waals surface area contributed by atoms with E-state index in [9.17, 15) is 13.0 Å². The largest absolute Gasteiger partial charge is 0.335 e. The molecule has 0 atom stereocenters. The van der Waals surface area contributed by atoms with Gasteiger partial charge in [0.05, 0.1) is 24.3 Å². The van der Waals surface area contributed by atoms with E-state index < -0.39 is 17.6 Å². The van der Waals surface area contributed by atoms with Gasteiger partial charge in [0.15, 0.2) is 0 Å². The normalized spacial score (nSPS) is 12.1. The lowest BCUT2D eigenvalue weighted by molar-refractivity contribution is 0.219. The fourth-order valence-corrected chi connectivity index (χ4v) is 6.18. The molecule has 0 saturated heterocycles. The minimum Gasteiger partial charge on any atom is -0.309 e. The van der Waals surface area contributed by atoms with Crippen LogP contribution in [-0.4, -0.2) is 21.6 Å². The van der Waals surface area contributed by atoms with Gasteiger partial charge in [0.25, 0.3) is 10.0 Å². The van der Waals surface area contributed by atoms with Crippen LogP contribution < -0.4 is 4.72 Å². The van der Waals surface area contributed by atoms with Gasteiger partial charge in [-0.25, -0.2) is 8.42 Å². The Morgan fingerprint density at radius 2 is 1.61 bits per heavy atom. The van der Waals surface area contributed by atoms with Gasteiger partial charge in [-0.15, -0.1) is 0 Å².